The molecule has 0 aromatic heterocycles. The molecule has 0 radical (unpaired) electrons. The van der Waals surface area contributed by atoms with Gasteiger partial charge in [-0.05, 0) is 71.8 Å². The zero-order chi connectivity index (χ0) is 19.6. The molecule has 0 spiro atoms. The van der Waals surface area contributed by atoms with E-state index in [0.717, 1.165) is 9.99 Å². The lowest BCUT2D eigenvalue weighted by atomic mass is 10.1. The molecule has 2 aromatic carbocycles. The van der Waals surface area contributed by atoms with Gasteiger partial charge in [-0.15, -0.1) is 0 Å². The molecule has 27 heavy (non-hydrogen) atoms. The summed E-state index contributed by atoms with van der Waals surface area (Å²) in [7, 11) is 0. The Hall–Kier alpha value is -2.53. The summed E-state index contributed by atoms with van der Waals surface area (Å²) in [6.07, 6.45) is 2.44. The monoisotopic (exact) mass is 476 g/mol. The zero-order valence-corrected chi connectivity index (χ0v) is 17.4. The Morgan fingerprint density at radius 2 is 1.96 bits per heavy atom. The third kappa shape index (κ3) is 6.00. The topological polar surface area (TPSA) is 71.3 Å². The largest absolute Gasteiger partial charge is 0.490 e. The number of halogens is 1. The Morgan fingerprint density at radius 1 is 1.22 bits per heavy atom. The fraction of sp³-hybridized carbons (Fsp3) is 0.238. The Kier molecular flexibility index (Phi) is 8.14. The van der Waals surface area contributed by atoms with Crippen LogP contribution >= 0.6 is 22.6 Å². The van der Waals surface area contributed by atoms with Crippen molar-refractivity contribution in [3.63, 3.8) is 0 Å². The molecule has 140 valence electrons. The smallest absolute Gasteiger partial charge is 0.266 e. The van der Waals surface area contributed by atoms with Gasteiger partial charge in [0.05, 0.1) is 16.8 Å². The van der Waals surface area contributed by atoms with Crippen LogP contribution in [0.25, 0.3) is 6.08 Å². The molecule has 0 saturated heterocycles. The average Bonchev–Trinajstić information content (AvgIpc) is 2.66. The number of anilines is 1. The van der Waals surface area contributed by atoms with E-state index in [2.05, 4.69) is 27.9 Å². The number of hydrogen-bond acceptors (Lipinski definition) is 4. The standard InChI is InChI=1S/C21H21IN2O3/c1-3-10-27-20-18(22)12-15(13-19(20)26-4-2)11-16(14-23)21(25)24-17-8-6-5-7-9-17/h5-9,11-13H,3-4,10H2,1-2H3,(H,24,25)/b16-11-. The summed E-state index contributed by atoms with van der Waals surface area (Å²) in [4.78, 5) is 12.4. The molecule has 0 aliphatic heterocycles. The van der Waals surface area contributed by atoms with Crippen molar-refractivity contribution in [3.05, 3.63) is 57.2 Å². The van der Waals surface area contributed by atoms with E-state index in [1.54, 1.807) is 24.3 Å². The summed E-state index contributed by atoms with van der Waals surface area (Å²) in [6.45, 7) is 5.02. The van der Waals surface area contributed by atoms with Crippen LogP contribution < -0.4 is 14.8 Å². The van der Waals surface area contributed by atoms with Gasteiger partial charge in [-0.2, -0.15) is 5.26 Å². The third-order valence-corrected chi connectivity index (χ3v) is 4.29. The summed E-state index contributed by atoms with van der Waals surface area (Å²) in [6, 6.07) is 14.6. The van der Waals surface area contributed by atoms with Gasteiger partial charge in [-0.25, -0.2) is 0 Å². The fourth-order valence-electron chi connectivity index (χ4n) is 2.31. The van der Waals surface area contributed by atoms with Crippen molar-refractivity contribution >= 4 is 40.3 Å². The summed E-state index contributed by atoms with van der Waals surface area (Å²) < 4.78 is 12.3. The molecule has 0 atom stereocenters. The number of ether oxygens (including phenoxy) is 2. The highest BCUT2D eigenvalue weighted by Gasteiger charge is 2.14. The third-order valence-electron chi connectivity index (χ3n) is 3.49. The molecule has 0 fully saturated rings. The first kappa shape index (κ1) is 20.8. The maximum absolute atomic E-state index is 12.4. The van der Waals surface area contributed by atoms with Crippen LogP contribution in [-0.4, -0.2) is 19.1 Å². The van der Waals surface area contributed by atoms with Gasteiger partial charge < -0.3 is 14.8 Å². The molecule has 6 heteroatoms. The number of nitrogens with one attached hydrogen (secondary N) is 1. The van der Waals surface area contributed by atoms with Gasteiger partial charge in [0, 0.05) is 5.69 Å². The van der Waals surface area contributed by atoms with Crippen LogP contribution in [0.15, 0.2) is 48.0 Å². The van der Waals surface area contributed by atoms with Crippen LogP contribution in [0.5, 0.6) is 11.5 Å². The lowest BCUT2D eigenvalue weighted by Gasteiger charge is -2.14. The normalized spacial score (nSPS) is 10.8. The number of para-hydroxylation sites is 1. The Morgan fingerprint density at radius 3 is 2.59 bits per heavy atom. The van der Waals surface area contributed by atoms with Crippen LogP contribution in [0.1, 0.15) is 25.8 Å². The number of carbonyl (C=O) groups excluding carboxylic acids is 1. The first-order chi connectivity index (χ1) is 13.1. The molecule has 0 unspecified atom stereocenters. The highest BCUT2D eigenvalue weighted by Crippen LogP contribution is 2.35. The average molecular weight is 476 g/mol. The number of nitrogens with zero attached hydrogens (tertiary/aromatic N) is 1. The molecule has 2 rings (SSSR count). The van der Waals surface area contributed by atoms with Crippen LogP contribution in [0.2, 0.25) is 0 Å². The summed E-state index contributed by atoms with van der Waals surface area (Å²) in [5.41, 5.74) is 1.35. The molecule has 1 N–H and O–H groups in total. The van der Waals surface area contributed by atoms with Gasteiger partial charge in [0.25, 0.3) is 5.91 Å². The second-order valence-electron chi connectivity index (χ2n) is 5.60. The van der Waals surface area contributed by atoms with Gasteiger partial charge in [0.1, 0.15) is 11.6 Å². The molecule has 0 saturated carbocycles. The summed E-state index contributed by atoms with van der Waals surface area (Å²) in [5, 5.41) is 12.1. The molecular formula is C21H21IN2O3. The van der Waals surface area contributed by atoms with E-state index in [1.807, 2.05) is 44.2 Å². The van der Waals surface area contributed by atoms with Crippen molar-refractivity contribution in [1.82, 2.24) is 0 Å². The second-order valence-corrected chi connectivity index (χ2v) is 6.76. The van der Waals surface area contributed by atoms with Crippen molar-refractivity contribution in [2.24, 2.45) is 0 Å². The number of nitriles is 1. The maximum atomic E-state index is 12.4. The fourth-order valence-corrected chi connectivity index (χ4v) is 3.09. The van der Waals surface area contributed by atoms with E-state index in [9.17, 15) is 10.1 Å². The first-order valence-corrected chi connectivity index (χ1v) is 9.74. The van der Waals surface area contributed by atoms with Crippen molar-refractivity contribution in [1.29, 1.82) is 5.26 Å². The van der Waals surface area contributed by atoms with Gasteiger partial charge in [0.15, 0.2) is 11.5 Å². The number of hydrogen-bond donors (Lipinski definition) is 1. The molecule has 0 aliphatic rings. The predicted molar refractivity (Wildman–Crippen MR) is 115 cm³/mol. The van der Waals surface area contributed by atoms with E-state index in [-0.39, 0.29) is 5.57 Å². The van der Waals surface area contributed by atoms with Crippen molar-refractivity contribution in [2.45, 2.75) is 20.3 Å². The number of amides is 1. The Bertz CT molecular complexity index is 858. The minimum atomic E-state index is -0.456. The SMILES string of the molecule is CCCOc1c(I)cc(/C=C(/C#N)C(=O)Nc2ccccc2)cc1OCC. The Balaban J connectivity index is 2.31. The number of rotatable bonds is 8. The molecule has 1 amide bonds. The van der Waals surface area contributed by atoms with Crippen LogP contribution in [0.3, 0.4) is 0 Å². The molecule has 2 aromatic rings. The molecular weight excluding hydrogens is 455 g/mol. The molecule has 0 bridgehead atoms. The number of carbonyl (C=O) groups is 1. The van der Waals surface area contributed by atoms with Crippen LogP contribution in [0.4, 0.5) is 5.69 Å². The molecule has 0 aliphatic carbocycles. The van der Waals surface area contributed by atoms with E-state index < -0.39 is 5.91 Å². The highest BCUT2D eigenvalue weighted by molar-refractivity contribution is 14.1. The van der Waals surface area contributed by atoms with E-state index in [1.165, 1.54) is 0 Å². The lowest BCUT2D eigenvalue weighted by Crippen LogP contribution is -2.13. The zero-order valence-electron chi connectivity index (χ0n) is 15.3. The van der Waals surface area contributed by atoms with Crippen LogP contribution in [-0.2, 0) is 4.79 Å². The minimum Gasteiger partial charge on any atom is -0.490 e. The quantitative estimate of drug-likeness (QED) is 0.330. The highest BCUT2D eigenvalue weighted by atomic mass is 127. The van der Waals surface area contributed by atoms with Crippen molar-refractivity contribution in [3.8, 4) is 17.6 Å². The predicted octanol–water partition coefficient (Wildman–Crippen LogP) is 5.02. The van der Waals surface area contributed by atoms with E-state index in [0.29, 0.717) is 36.0 Å². The van der Waals surface area contributed by atoms with Gasteiger partial charge >= 0.3 is 0 Å². The van der Waals surface area contributed by atoms with Gasteiger partial charge in [-0.3, -0.25) is 4.79 Å². The van der Waals surface area contributed by atoms with Crippen LogP contribution in [0, 0.1) is 14.9 Å². The Labute approximate surface area is 173 Å². The summed E-state index contributed by atoms with van der Waals surface area (Å²) in [5.74, 6) is 0.830. The second kappa shape index (κ2) is 10.6. The van der Waals surface area contributed by atoms with Gasteiger partial charge in [0.2, 0.25) is 0 Å². The molecule has 0 heterocycles. The molecule has 5 nitrogen and oxygen atoms in total. The van der Waals surface area contributed by atoms with Crippen molar-refractivity contribution in [2.75, 3.05) is 18.5 Å². The van der Waals surface area contributed by atoms with E-state index in [4.69, 9.17) is 9.47 Å². The maximum Gasteiger partial charge on any atom is 0.266 e. The van der Waals surface area contributed by atoms with E-state index >= 15 is 0 Å². The van der Waals surface area contributed by atoms with Crippen molar-refractivity contribution < 1.29 is 14.3 Å². The summed E-state index contributed by atoms with van der Waals surface area (Å²) >= 11 is 2.17. The number of benzene rings is 2. The lowest BCUT2D eigenvalue weighted by molar-refractivity contribution is -0.112. The van der Waals surface area contributed by atoms with Gasteiger partial charge in [-0.1, -0.05) is 25.1 Å². The minimum absolute atomic E-state index is 0.0133. The first-order valence-electron chi connectivity index (χ1n) is 8.66.